The first-order chi connectivity index (χ1) is 5.47. The molecule has 0 aliphatic carbocycles. The molecule has 2 rings (SSSR count). The highest BCUT2D eigenvalue weighted by atomic mass is 16.5. The molecule has 0 aromatic carbocycles. The van der Waals surface area contributed by atoms with Crippen molar-refractivity contribution in [3.8, 4) is 0 Å². The maximum atomic E-state index is 5.51. The zero-order valence-corrected chi connectivity index (χ0v) is 6.34. The number of nitrogens with zero attached hydrogens (tertiary/aromatic N) is 1. The molecule has 0 spiro atoms. The zero-order valence-electron chi connectivity index (χ0n) is 6.34. The van der Waals surface area contributed by atoms with Gasteiger partial charge in [0.1, 0.15) is 6.10 Å². The van der Waals surface area contributed by atoms with Crippen LogP contribution in [0, 0.1) is 6.07 Å². The van der Waals surface area contributed by atoms with Crippen LogP contribution in [0.4, 0.5) is 0 Å². The number of hydrogen-bond acceptors (Lipinski definition) is 2. The molecular formula is C8H11N2O. The van der Waals surface area contributed by atoms with Crippen LogP contribution in [-0.4, -0.2) is 16.8 Å². The maximum Gasteiger partial charge on any atom is 0.102 e. The molecule has 1 aliphatic heterocycles. The summed E-state index contributed by atoms with van der Waals surface area (Å²) in [4.78, 5) is 0. The van der Waals surface area contributed by atoms with Gasteiger partial charge in [0.25, 0.3) is 0 Å². The molecule has 1 aromatic rings. The van der Waals surface area contributed by atoms with Crippen molar-refractivity contribution in [3.63, 3.8) is 0 Å². The molecule has 0 bridgehead atoms. The first-order valence-electron chi connectivity index (χ1n) is 4.00. The van der Waals surface area contributed by atoms with Crippen molar-refractivity contribution < 1.29 is 4.74 Å². The standard InChI is InChI=1S/C8H11N2O/c1-2-6-11-8(3-1)7-4-5-9-10-7/h5,8H,1-3,6H2,(H,9,10). The van der Waals surface area contributed by atoms with Gasteiger partial charge in [-0.15, -0.1) is 0 Å². The number of nitrogens with one attached hydrogen (secondary N) is 1. The van der Waals surface area contributed by atoms with E-state index in [1.165, 1.54) is 12.8 Å². The quantitative estimate of drug-likeness (QED) is 0.659. The van der Waals surface area contributed by atoms with Gasteiger partial charge in [-0.3, -0.25) is 5.10 Å². The van der Waals surface area contributed by atoms with E-state index < -0.39 is 0 Å². The average Bonchev–Trinajstić information content (AvgIpc) is 2.58. The predicted octanol–water partition coefficient (Wildman–Crippen LogP) is 1.45. The van der Waals surface area contributed by atoms with Crippen molar-refractivity contribution in [2.45, 2.75) is 25.4 Å². The highest BCUT2D eigenvalue weighted by Gasteiger charge is 2.17. The Balaban J connectivity index is 2.04. The molecule has 1 N–H and O–H groups in total. The number of H-pyrrole nitrogens is 1. The van der Waals surface area contributed by atoms with Crippen LogP contribution >= 0.6 is 0 Å². The maximum absolute atomic E-state index is 5.51. The summed E-state index contributed by atoms with van der Waals surface area (Å²) >= 11 is 0. The molecule has 59 valence electrons. The van der Waals surface area contributed by atoms with E-state index >= 15 is 0 Å². The van der Waals surface area contributed by atoms with E-state index in [2.05, 4.69) is 16.3 Å². The minimum absolute atomic E-state index is 0.190. The van der Waals surface area contributed by atoms with E-state index in [-0.39, 0.29) is 6.10 Å². The predicted molar refractivity (Wildman–Crippen MR) is 40.0 cm³/mol. The summed E-state index contributed by atoms with van der Waals surface area (Å²) < 4.78 is 5.51. The summed E-state index contributed by atoms with van der Waals surface area (Å²) in [7, 11) is 0. The second-order valence-electron chi connectivity index (χ2n) is 2.77. The zero-order chi connectivity index (χ0) is 7.52. The van der Waals surface area contributed by atoms with Crippen molar-refractivity contribution in [1.29, 1.82) is 0 Å². The van der Waals surface area contributed by atoms with Crippen LogP contribution in [0.3, 0.4) is 0 Å². The van der Waals surface area contributed by atoms with Gasteiger partial charge < -0.3 is 4.74 Å². The lowest BCUT2D eigenvalue weighted by Gasteiger charge is -2.20. The highest BCUT2D eigenvalue weighted by Crippen LogP contribution is 2.25. The Morgan fingerprint density at radius 3 is 3.27 bits per heavy atom. The number of hydrogen-bond donors (Lipinski definition) is 1. The van der Waals surface area contributed by atoms with E-state index in [1.54, 1.807) is 6.20 Å². The molecule has 0 amide bonds. The van der Waals surface area contributed by atoms with Gasteiger partial charge in [0.15, 0.2) is 0 Å². The molecule has 11 heavy (non-hydrogen) atoms. The van der Waals surface area contributed by atoms with Gasteiger partial charge in [-0.05, 0) is 19.3 Å². The largest absolute Gasteiger partial charge is 0.372 e. The lowest BCUT2D eigenvalue weighted by Crippen LogP contribution is -2.11. The summed E-state index contributed by atoms with van der Waals surface area (Å²) in [6, 6.07) is 3.02. The normalized spacial score (nSPS) is 25.3. The Hall–Kier alpha value is -0.830. The number of rotatable bonds is 1. The van der Waals surface area contributed by atoms with Gasteiger partial charge in [0.05, 0.1) is 5.69 Å². The lowest BCUT2D eigenvalue weighted by molar-refractivity contribution is 0.0121. The summed E-state index contributed by atoms with van der Waals surface area (Å²) in [6.45, 7) is 0.866. The Morgan fingerprint density at radius 1 is 1.64 bits per heavy atom. The van der Waals surface area contributed by atoms with E-state index in [1.807, 2.05) is 0 Å². The van der Waals surface area contributed by atoms with Crippen molar-refractivity contribution in [1.82, 2.24) is 10.2 Å². The van der Waals surface area contributed by atoms with E-state index in [0.29, 0.717) is 0 Å². The van der Waals surface area contributed by atoms with E-state index in [9.17, 15) is 0 Å². The van der Waals surface area contributed by atoms with Gasteiger partial charge in [0.2, 0.25) is 0 Å². The topological polar surface area (TPSA) is 37.9 Å². The Kier molecular flexibility index (Phi) is 1.90. The lowest BCUT2D eigenvalue weighted by atomic mass is 10.1. The molecular weight excluding hydrogens is 140 g/mol. The number of aromatic amines is 1. The molecule has 0 saturated carbocycles. The van der Waals surface area contributed by atoms with Gasteiger partial charge in [-0.2, -0.15) is 5.10 Å². The monoisotopic (exact) mass is 151 g/mol. The molecule has 1 unspecified atom stereocenters. The van der Waals surface area contributed by atoms with Gasteiger partial charge in [0, 0.05) is 18.9 Å². The second-order valence-corrected chi connectivity index (χ2v) is 2.77. The first-order valence-corrected chi connectivity index (χ1v) is 4.00. The third-order valence-corrected chi connectivity index (χ3v) is 1.95. The average molecular weight is 151 g/mol. The molecule has 1 fully saturated rings. The van der Waals surface area contributed by atoms with Gasteiger partial charge in [-0.1, -0.05) is 0 Å². The minimum Gasteiger partial charge on any atom is -0.372 e. The summed E-state index contributed by atoms with van der Waals surface area (Å²) in [5, 5.41) is 6.78. The Bertz CT molecular complexity index is 202. The van der Waals surface area contributed by atoms with Gasteiger partial charge >= 0.3 is 0 Å². The smallest absolute Gasteiger partial charge is 0.102 e. The third-order valence-electron chi connectivity index (χ3n) is 1.95. The molecule has 1 saturated heterocycles. The van der Waals surface area contributed by atoms with Gasteiger partial charge in [-0.25, -0.2) is 0 Å². The SMILES string of the molecule is [c]1c[nH]nc1C1CCCCO1. The Labute approximate surface area is 65.8 Å². The first kappa shape index (κ1) is 6.85. The van der Waals surface area contributed by atoms with Crippen LogP contribution in [0.2, 0.25) is 0 Å². The van der Waals surface area contributed by atoms with Crippen molar-refractivity contribution >= 4 is 0 Å². The fourth-order valence-corrected chi connectivity index (χ4v) is 1.36. The summed E-state index contributed by atoms with van der Waals surface area (Å²) in [5.41, 5.74) is 0.921. The van der Waals surface area contributed by atoms with E-state index in [4.69, 9.17) is 4.74 Å². The van der Waals surface area contributed by atoms with Crippen molar-refractivity contribution in [2.24, 2.45) is 0 Å². The molecule has 1 aromatic heterocycles. The molecule has 3 heteroatoms. The number of ether oxygens (including phenoxy) is 1. The van der Waals surface area contributed by atoms with Crippen molar-refractivity contribution in [2.75, 3.05) is 6.61 Å². The fraction of sp³-hybridized carbons (Fsp3) is 0.625. The molecule has 3 nitrogen and oxygen atoms in total. The van der Waals surface area contributed by atoms with Crippen molar-refractivity contribution in [3.05, 3.63) is 18.0 Å². The van der Waals surface area contributed by atoms with E-state index in [0.717, 1.165) is 18.7 Å². The third kappa shape index (κ3) is 1.43. The molecule has 1 atom stereocenters. The molecule has 1 radical (unpaired) electrons. The van der Waals surface area contributed by atoms with Crippen LogP contribution in [0.1, 0.15) is 31.1 Å². The van der Waals surface area contributed by atoms with Crippen LogP contribution in [0.5, 0.6) is 0 Å². The fourth-order valence-electron chi connectivity index (χ4n) is 1.36. The second kappa shape index (κ2) is 3.05. The molecule has 2 heterocycles. The summed E-state index contributed by atoms with van der Waals surface area (Å²) in [5.74, 6) is 0. The number of aromatic nitrogens is 2. The van der Waals surface area contributed by atoms with Crippen LogP contribution in [-0.2, 0) is 4.74 Å². The highest BCUT2D eigenvalue weighted by molar-refractivity contribution is 5.00. The van der Waals surface area contributed by atoms with Crippen LogP contribution in [0.25, 0.3) is 0 Å². The van der Waals surface area contributed by atoms with Crippen LogP contribution < -0.4 is 0 Å². The minimum atomic E-state index is 0.190. The molecule has 1 aliphatic rings. The van der Waals surface area contributed by atoms with Crippen LogP contribution in [0.15, 0.2) is 6.20 Å². The Morgan fingerprint density at radius 2 is 2.64 bits per heavy atom. The summed E-state index contributed by atoms with van der Waals surface area (Å²) in [6.07, 6.45) is 5.41.